The van der Waals surface area contributed by atoms with Crippen LogP contribution in [0.25, 0.3) is 11.0 Å². The van der Waals surface area contributed by atoms with E-state index in [0.717, 1.165) is 27.7 Å². The molecule has 0 spiro atoms. The third-order valence-corrected chi connectivity index (χ3v) is 4.84. The molecule has 2 N–H and O–H groups in total. The number of rotatable bonds is 5. The Hall–Kier alpha value is -3.80. The average Bonchev–Trinajstić information content (AvgIpc) is 3.36. The maximum atomic E-state index is 12.5. The van der Waals surface area contributed by atoms with Crippen LogP contribution in [-0.2, 0) is 11.2 Å². The van der Waals surface area contributed by atoms with Gasteiger partial charge in [-0.2, -0.15) is 0 Å². The largest absolute Gasteiger partial charge is 0.464 e. The minimum absolute atomic E-state index is 0.166. The number of nitrogens with one attached hydrogen (secondary N) is 2. The molecule has 0 saturated heterocycles. The Morgan fingerprint density at radius 2 is 1.72 bits per heavy atom. The summed E-state index contributed by atoms with van der Waals surface area (Å²) in [4.78, 5) is 24.6. The zero-order chi connectivity index (χ0) is 20.4. The van der Waals surface area contributed by atoms with E-state index in [-0.39, 0.29) is 24.0 Å². The van der Waals surface area contributed by atoms with Crippen LogP contribution in [0.5, 0.6) is 0 Å². The lowest BCUT2D eigenvalue weighted by atomic mass is 10.0. The highest BCUT2D eigenvalue weighted by Gasteiger charge is 2.14. The van der Waals surface area contributed by atoms with Crippen molar-refractivity contribution in [1.82, 2.24) is 0 Å². The first-order valence-electron chi connectivity index (χ1n) is 9.22. The first-order chi connectivity index (χ1) is 14.0. The fourth-order valence-corrected chi connectivity index (χ4v) is 3.18. The molecule has 2 heterocycles. The van der Waals surface area contributed by atoms with Gasteiger partial charge in [0.1, 0.15) is 5.58 Å². The molecule has 29 heavy (non-hydrogen) atoms. The van der Waals surface area contributed by atoms with Crippen molar-refractivity contribution in [2.24, 2.45) is 0 Å². The topological polar surface area (TPSA) is 84.5 Å². The third-order valence-electron chi connectivity index (χ3n) is 4.84. The molecule has 4 aromatic rings. The molecular formula is C23H20N2O4. The lowest BCUT2D eigenvalue weighted by molar-refractivity contribution is -0.115. The van der Waals surface area contributed by atoms with E-state index in [1.54, 1.807) is 42.7 Å². The molecular weight excluding hydrogens is 368 g/mol. The van der Waals surface area contributed by atoms with E-state index >= 15 is 0 Å². The van der Waals surface area contributed by atoms with Crippen LogP contribution in [0.15, 0.2) is 69.9 Å². The summed E-state index contributed by atoms with van der Waals surface area (Å²) < 4.78 is 10.8. The summed E-state index contributed by atoms with van der Waals surface area (Å²) in [5, 5.41) is 6.55. The van der Waals surface area contributed by atoms with Gasteiger partial charge >= 0.3 is 0 Å². The van der Waals surface area contributed by atoms with Gasteiger partial charge in [-0.05, 0) is 55.3 Å². The number of anilines is 2. The molecule has 0 radical (unpaired) electrons. The predicted molar refractivity (Wildman–Crippen MR) is 111 cm³/mol. The summed E-state index contributed by atoms with van der Waals surface area (Å²) >= 11 is 0. The van der Waals surface area contributed by atoms with Crippen molar-refractivity contribution in [2.75, 3.05) is 10.6 Å². The number of furan rings is 2. The van der Waals surface area contributed by atoms with E-state index < -0.39 is 0 Å². The van der Waals surface area contributed by atoms with Gasteiger partial charge in [0.25, 0.3) is 5.91 Å². The van der Waals surface area contributed by atoms with Crippen LogP contribution in [0.1, 0.15) is 27.2 Å². The van der Waals surface area contributed by atoms with Gasteiger partial charge in [0.15, 0.2) is 5.76 Å². The number of amides is 2. The van der Waals surface area contributed by atoms with Crippen LogP contribution in [0.2, 0.25) is 0 Å². The Labute approximate surface area is 167 Å². The molecule has 0 bridgehead atoms. The second-order valence-corrected chi connectivity index (χ2v) is 6.88. The molecule has 146 valence electrons. The fraction of sp³-hybridized carbons (Fsp3) is 0.130. The third kappa shape index (κ3) is 3.91. The first kappa shape index (κ1) is 18.6. The Morgan fingerprint density at radius 3 is 2.48 bits per heavy atom. The number of hydrogen-bond donors (Lipinski definition) is 2. The van der Waals surface area contributed by atoms with E-state index in [0.29, 0.717) is 11.4 Å². The van der Waals surface area contributed by atoms with Gasteiger partial charge in [-0.15, -0.1) is 0 Å². The summed E-state index contributed by atoms with van der Waals surface area (Å²) in [6.07, 6.45) is 3.27. The van der Waals surface area contributed by atoms with E-state index in [2.05, 4.69) is 10.6 Å². The molecule has 6 nitrogen and oxygen atoms in total. The smallest absolute Gasteiger partial charge is 0.291 e. The van der Waals surface area contributed by atoms with Crippen molar-refractivity contribution in [1.29, 1.82) is 0 Å². The normalized spacial score (nSPS) is 10.8. The van der Waals surface area contributed by atoms with Crippen molar-refractivity contribution >= 4 is 34.2 Å². The molecule has 0 fully saturated rings. The zero-order valence-corrected chi connectivity index (χ0v) is 16.1. The van der Waals surface area contributed by atoms with Gasteiger partial charge in [0.2, 0.25) is 5.91 Å². The minimum atomic E-state index is -0.353. The number of aryl methyl sites for hydroxylation is 2. The zero-order valence-electron chi connectivity index (χ0n) is 16.1. The van der Waals surface area contributed by atoms with Crippen molar-refractivity contribution in [3.05, 3.63) is 83.5 Å². The Morgan fingerprint density at radius 1 is 0.931 bits per heavy atom. The molecule has 2 amide bonds. The quantitative estimate of drug-likeness (QED) is 0.499. The van der Waals surface area contributed by atoms with Crippen LogP contribution >= 0.6 is 0 Å². The van der Waals surface area contributed by atoms with Crippen LogP contribution in [-0.4, -0.2) is 11.8 Å². The van der Waals surface area contributed by atoms with Gasteiger partial charge in [0.05, 0.1) is 18.9 Å². The molecule has 0 aliphatic carbocycles. The number of hydrogen-bond acceptors (Lipinski definition) is 4. The highest BCUT2D eigenvalue weighted by atomic mass is 16.3. The molecule has 2 aromatic heterocycles. The Bertz CT molecular complexity index is 1190. The second-order valence-electron chi connectivity index (χ2n) is 6.88. The lowest BCUT2D eigenvalue weighted by Gasteiger charge is -2.08. The molecule has 2 aromatic carbocycles. The lowest BCUT2D eigenvalue weighted by Crippen LogP contribution is -2.15. The minimum Gasteiger partial charge on any atom is -0.464 e. The van der Waals surface area contributed by atoms with Crippen LogP contribution in [0.3, 0.4) is 0 Å². The fourth-order valence-electron chi connectivity index (χ4n) is 3.18. The van der Waals surface area contributed by atoms with Crippen LogP contribution < -0.4 is 10.6 Å². The first-order valence-corrected chi connectivity index (χ1v) is 9.22. The average molecular weight is 388 g/mol. The Kier molecular flexibility index (Phi) is 4.91. The summed E-state index contributed by atoms with van der Waals surface area (Å²) in [6.45, 7) is 4.04. The number of carbonyl (C=O) groups is 2. The van der Waals surface area contributed by atoms with Crippen molar-refractivity contribution < 1.29 is 18.4 Å². The van der Waals surface area contributed by atoms with Gasteiger partial charge in [0, 0.05) is 22.3 Å². The maximum Gasteiger partial charge on any atom is 0.291 e. The molecule has 0 aliphatic rings. The van der Waals surface area contributed by atoms with Gasteiger partial charge in [-0.3, -0.25) is 9.59 Å². The molecule has 0 unspecified atom stereocenters. The highest BCUT2D eigenvalue weighted by Crippen LogP contribution is 2.27. The van der Waals surface area contributed by atoms with Crippen LogP contribution in [0, 0.1) is 13.8 Å². The molecule has 4 rings (SSSR count). The Balaban J connectivity index is 1.45. The monoisotopic (exact) mass is 388 g/mol. The molecule has 0 aliphatic heterocycles. The summed E-state index contributed by atoms with van der Waals surface area (Å²) in [7, 11) is 0. The number of fused-ring (bicyclic) bond motifs is 1. The van der Waals surface area contributed by atoms with Gasteiger partial charge in [-0.25, -0.2) is 0 Å². The van der Waals surface area contributed by atoms with Crippen molar-refractivity contribution in [3.8, 4) is 0 Å². The van der Waals surface area contributed by atoms with Gasteiger partial charge in [-0.1, -0.05) is 18.2 Å². The summed E-state index contributed by atoms with van der Waals surface area (Å²) in [5.41, 5.74) is 5.03. The van der Waals surface area contributed by atoms with Crippen molar-refractivity contribution in [2.45, 2.75) is 20.3 Å². The van der Waals surface area contributed by atoms with E-state index in [4.69, 9.17) is 8.83 Å². The molecule has 0 atom stereocenters. The van der Waals surface area contributed by atoms with E-state index in [1.165, 1.54) is 6.26 Å². The SMILES string of the molecule is Cc1ccc2c(CC(=O)Nc3cccc(NC(=O)c4ccco4)c3)coc2c1C. The summed E-state index contributed by atoms with van der Waals surface area (Å²) in [6, 6.07) is 14.2. The highest BCUT2D eigenvalue weighted by molar-refractivity contribution is 6.03. The van der Waals surface area contributed by atoms with E-state index in [9.17, 15) is 9.59 Å². The predicted octanol–water partition coefficient (Wildman–Crippen LogP) is 5.08. The standard InChI is InChI=1S/C23H20N2O4/c1-14-8-9-19-16(13-29-22(19)15(14)2)11-21(26)24-17-5-3-6-18(12-17)25-23(27)20-7-4-10-28-20/h3-10,12-13H,11H2,1-2H3,(H,24,26)(H,25,27). The van der Waals surface area contributed by atoms with Gasteiger partial charge < -0.3 is 19.5 Å². The second kappa shape index (κ2) is 7.67. The maximum absolute atomic E-state index is 12.5. The number of carbonyl (C=O) groups excluding carboxylic acids is 2. The molecule has 0 saturated carbocycles. The van der Waals surface area contributed by atoms with E-state index in [1.807, 2.05) is 26.0 Å². The van der Waals surface area contributed by atoms with Crippen molar-refractivity contribution in [3.63, 3.8) is 0 Å². The number of benzene rings is 2. The molecule has 6 heteroatoms. The van der Waals surface area contributed by atoms with Crippen LogP contribution in [0.4, 0.5) is 11.4 Å². The summed E-state index contributed by atoms with van der Waals surface area (Å²) in [5.74, 6) is -0.300.